The SMILES string of the molecule is COc1cccc(-c2ccccc2-c2cccc(C)c2)c1. The molecule has 0 radical (unpaired) electrons. The second kappa shape index (κ2) is 5.84. The van der Waals surface area contributed by atoms with Gasteiger partial charge in [-0.3, -0.25) is 0 Å². The van der Waals surface area contributed by atoms with Gasteiger partial charge in [-0.15, -0.1) is 0 Å². The van der Waals surface area contributed by atoms with Crippen molar-refractivity contribution in [3.05, 3.63) is 78.4 Å². The van der Waals surface area contributed by atoms with Crippen molar-refractivity contribution in [3.63, 3.8) is 0 Å². The smallest absolute Gasteiger partial charge is 0.119 e. The average molecular weight is 274 g/mol. The van der Waals surface area contributed by atoms with E-state index in [2.05, 4.69) is 67.6 Å². The zero-order valence-electron chi connectivity index (χ0n) is 12.3. The molecule has 21 heavy (non-hydrogen) atoms. The topological polar surface area (TPSA) is 9.23 Å². The van der Waals surface area contributed by atoms with E-state index in [1.165, 1.54) is 27.8 Å². The molecule has 0 aliphatic carbocycles. The van der Waals surface area contributed by atoms with E-state index in [0.29, 0.717) is 0 Å². The number of hydrogen-bond acceptors (Lipinski definition) is 1. The molecule has 0 aliphatic heterocycles. The molecule has 0 saturated heterocycles. The van der Waals surface area contributed by atoms with Gasteiger partial charge in [0.15, 0.2) is 0 Å². The summed E-state index contributed by atoms with van der Waals surface area (Å²) in [6.07, 6.45) is 0. The molecule has 0 amide bonds. The Morgan fingerprint density at radius 1 is 0.667 bits per heavy atom. The van der Waals surface area contributed by atoms with E-state index in [-0.39, 0.29) is 0 Å². The maximum Gasteiger partial charge on any atom is 0.119 e. The lowest BCUT2D eigenvalue weighted by atomic mass is 9.94. The van der Waals surface area contributed by atoms with Crippen LogP contribution in [0.15, 0.2) is 72.8 Å². The summed E-state index contributed by atoms with van der Waals surface area (Å²) in [4.78, 5) is 0. The summed E-state index contributed by atoms with van der Waals surface area (Å²) >= 11 is 0. The number of hydrogen-bond donors (Lipinski definition) is 0. The van der Waals surface area contributed by atoms with E-state index in [1.54, 1.807) is 7.11 Å². The molecule has 0 heterocycles. The van der Waals surface area contributed by atoms with Crippen LogP contribution in [-0.2, 0) is 0 Å². The van der Waals surface area contributed by atoms with Crippen LogP contribution in [0.2, 0.25) is 0 Å². The van der Waals surface area contributed by atoms with Crippen molar-refractivity contribution in [3.8, 4) is 28.0 Å². The van der Waals surface area contributed by atoms with Crippen LogP contribution in [0.25, 0.3) is 22.3 Å². The number of methoxy groups -OCH3 is 1. The Kier molecular flexibility index (Phi) is 3.74. The van der Waals surface area contributed by atoms with Gasteiger partial charge in [-0.25, -0.2) is 0 Å². The molecule has 0 N–H and O–H groups in total. The quantitative estimate of drug-likeness (QED) is 0.626. The molecule has 3 aromatic carbocycles. The first-order valence-electron chi connectivity index (χ1n) is 7.08. The van der Waals surface area contributed by atoms with Crippen LogP contribution in [0, 0.1) is 6.92 Å². The predicted molar refractivity (Wildman–Crippen MR) is 88.6 cm³/mol. The lowest BCUT2D eigenvalue weighted by molar-refractivity contribution is 0.415. The monoisotopic (exact) mass is 274 g/mol. The van der Waals surface area contributed by atoms with Crippen LogP contribution in [-0.4, -0.2) is 7.11 Å². The highest BCUT2D eigenvalue weighted by Gasteiger charge is 2.07. The molecule has 0 fully saturated rings. The minimum absolute atomic E-state index is 0.881. The average Bonchev–Trinajstić information content (AvgIpc) is 2.55. The van der Waals surface area contributed by atoms with Gasteiger partial charge in [-0.1, -0.05) is 66.2 Å². The molecule has 0 spiro atoms. The van der Waals surface area contributed by atoms with Crippen molar-refractivity contribution in [1.29, 1.82) is 0 Å². The van der Waals surface area contributed by atoms with Crippen LogP contribution >= 0.6 is 0 Å². The van der Waals surface area contributed by atoms with Gasteiger partial charge in [0.05, 0.1) is 7.11 Å². The highest BCUT2D eigenvalue weighted by atomic mass is 16.5. The molecule has 1 nitrogen and oxygen atoms in total. The summed E-state index contributed by atoms with van der Waals surface area (Å²) in [6, 6.07) is 25.3. The second-order valence-electron chi connectivity index (χ2n) is 5.15. The van der Waals surface area contributed by atoms with E-state index in [0.717, 1.165) is 5.75 Å². The third kappa shape index (κ3) is 2.82. The van der Waals surface area contributed by atoms with Gasteiger partial charge in [-0.2, -0.15) is 0 Å². The fourth-order valence-corrected chi connectivity index (χ4v) is 2.59. The highest BCUT2D eigenvalue weighted by Crippen LogP contribution is 2.33. The molecule has 0 aliphatic rings. The van der Waals surface area contributed by atoms with Gasteiger partial charge >= 0.3 is 0 Å². The Morgan fingerprint density at radius 2 is 1.29 bits per heavy atom. The molecular formula is C20H18O. The van der Waals surface area contributed by atoms with Crippen molar-refractivity contribution in [2.75, 3.05) is 7.11 Å². The Balaban J connectivity index is 2.15. The van der Waals surface area contributed by atoms with Gasteiger partial charge in [0.25, 0.3) is 0 Å². The van der Waals surface area contributed by atoms with Crippen LogP contribution < -0.4 is 4.74 Å². The molecule has 0 saturated carbocycles. The maximum absolute atomic E-state index is 5.34. The standard InChI is InChI=1S/C20H18O/c1-15-7-5-8-16(13-15)19-11-3-4-12-20(19)17-9-6-10-18(14-17)21-2/h3-14H,1-2H3. The van der Waals surface area contributed by atoms with Crippen molar-refractivity contribution >= 4 is 0 Å². The molecule has 0 bridgehead atoms. The van der Waals surface area contributed by atoms with Crippen molar-refractivity contribution in [1.82, 2.24) is 0 Å². The number of benzene rings is 3. The molecule has 1 heteroatoms. The summed E-state index contributed by atoms with van der Waals surface area (Å²) in [5.74, 6) is 0.881. The predicted octanol–water partition coefficient (Wildman–Crippen LogP) is 5.34. The normalized spacial score (nSPS) is 10.4. The largest absolute Gasteiger partial charge is 0.497 e. The first-order valence-corrected chi connectivity index (χ1v) is 7.08. The Hall–Kier alpha value is -2.54. The highest BCUT2D eigenvalue weighted by molar-refractivity contribution is 5.84. The summed E-state index contributed by atoms with van der Waals surface area (Å²) in [7, 11) is 1.70. The van der Waals surface area contributed by atoms with Gasteiger partial charge in [0, 0.05) is 0 Å². The van der Waals surface area contributed by atoms with Gasteiger partial charge in [0.2, 0.25) is 0 Å². The summed E-state index contributed by atoms with van der Waals surface area (Å²) in [6.45, 7) is 2.12. The minimum atomic E-state index is 0.881. The lowest BCUT2D eigenvalue weighted by Crippen LogP contribution is -1.87. The minimum Gasteiger partial charge on any atom is -0.497 e. The second-order valence-corrected chi connectivity index (χ2v) is 5.15. The van der Waals surface area contributed by atoms with Crippen LogP contribution in [0.5, 0.6) is 5.75 Å². The Morgan fingerprint density at radius 3 is 1.90 bits per heavy atom. The first-order chi connectivity index (χ1) is 10.3. The van der Waals surface area contributed by atoms with E-state index in [9.17, 15) is 0 Å². The van der Waals surface area contributed by atoms with E-state index < -0.39 is 0 Å². The van der Waals surface area contributed by atoms with Crippen LogP contribution in [0.3, 0.4) is 0 Å². The van der Waals surface area contributed by atoms with Crippen molar-refractivity contribution in [2.24, 2.45) is 0 Å². The third-order valence-corrected chi connectivity index (χ3v) is 3.64. The van der Waals surface area contributed by atoms with Crippen molar-refractivity contribution in [2.45, 2.75) is 6.92 Å². The summed E-state index contributed by atoms with van der Waals surface area (Å²) in [5.41, 5.74) is 6.16. The molecule has 3 rings (SSSR count). The Labute approximate surface area is 125 Å². The molecule has 0 aromatic heterocycles. The maximum atomic E-state index is 5.34. The molecule has 0 unspecified atom stereocenters. The third-order valence-electron chi connectivity index (χ3n) is 3.64. The fraction of sp³-hybridized carbons (Fsp3) is 0.100. The number of rotatable bonds is 3. The molecule has 104 valence electrons. The molecule has 0 atom stereocenters. The summed E-state index contributed by atoms with van der Waals surface area (Å²) in [5, 5.41) is 0. The number of aryl methyl sites for hydroxylation is 1. The van der Waals surface area contributed by atoms with Crippen LogP contribution in [0.4, 0.5) is 0 Å². The van der Waals surface area contributed by atoms with Gasteiger partial charge < -0.3 is 4.74 Å². The lowest BCUT2D eigenvalue weighted by Gasteiger charge is -2.11. The summed E-state index contributed by atoms with van der Waals surface area (Å²) < 4.78 is 5.34. The Bertz CT molecular complexity index is 759. The van der Waals surface area contributed by atoms with E-state index >= 15 is 0 Å². The zero-order valence-corrected chi connectivity index (χ0v) is 12.3. The molecule has 3 aromatic rings. The molecular weight excluding hydrogens is 256 g/mol. The first kappa shape index (κ1) is 13.4. The zero-order chi connectivity index (χ0) is 14.7. The van der Waals surface area contributed by atoms with Crippen LogP contribution in [0.1, 0.15) is 5.56 Å². The van der Waals surface area contributed by atoms with Gasteiger partial charge in [0.1, 0.15) is 5.75 Å². The van der Waals surface area contributed by atoms with Gasteiger partial charge in [-0.05, 0) is 41.3 Å². The van der Waals surface area contributed by atoms with E-state index in [1.807, 2.05) is 12.1 Å². The fourth-order valence-electron chi connectivity index (χ4n) is 2.59. The van der Waals surface area contributed by atoms with E-state index in [4.69, 9.17) is 4.74 Å². The van der Waals surface area contributed by atoms with Crippen molar-refractivity contribution < 1.29 is 4.74 Å². The number of ether oxygens (including phenoxy) is 1.